The fraction of sp³-hybridized carbons (Fsp3) is 0.364. The summed E-state index contributed by atoms with van der Waals surface area (Å²) in [6.45, 7) is 4.03. The van der Waals surface area contributed by atoms with E-state index in [9.17, 15) is 14.0 Å². The van der Waals surface area contributed by atoms with Crippen molar-refractivity contribution >= 4 is 50.3 Å². The SMILES string of the molecule is CC1(C)CC(=O)N(CCC(Oc2cccc(I)c2)c2ccc(Br)cc2F)C(=O)C1. The third kappa shape index (κ3) is 5.78. The molecule has 1 heterocycles. The van der Waals surface area contributed by atoms with Gasteiger partial charge in [0.15, 0.2) is 0 Å². The first kappa shape index (κ1) is 22.2. The summed E-state index contributed by atoms with van der Waals surface area (Å²) in [5.74, 6) is -0.153. The second kappa shape index (κ2) is 9.12. The summed E-state index contributed by atoms with van der Waals surface area (Å²) in [7, 11) is 0. The number of rotatable bonds is 6. The predicted octanol–water partition coefficient (Wildman–Crippen LogP) is 5.88. The highest BCUT2D eigenvalue weighted by atomic mass is 127. The molecule has 29 heavy (non-hydrogen) atoms. The number of ether oxygens (including phenoxy) is 1. The minimum Gasteiger partial charge on any atom is -0.486 e. The molecule has 1 atom stereocenters. The van der Waals surface area contributed by atoms with Gasteiger partial charge in [-0.2, -0.15) is 0 Å². The summed E-state index contributed by atoms with van der Waals surface area (Å²) in [6, 6.07) is 12.3. The molecule has 0 aliphatic carbocycles. The molecular formula is C22H22BrFINO3. The molecule has 7 heteroatoms. The fourth-order valence-electron chi connectivity index (χ4n) is 3.45. The van der Waals surface area contributed by atoms with Crippen LogP contribution in [0.3, 0.4) is 0 Å². The van der Waals surface area contributed by atoms with Crippen LogP contribution in [-0.2, 0) is 9.59 Å². The predicted molar refractivity (Wildman–Crippen MR) is 121 cm³/mol. The molecule has 1 unspecified atom stereocenters. The minimum absolute atomic E-state index is 0.185. The number of amides is 2. The summed E-state index contributed by atoms with van der Waals surface area (Å²) >= 11 is 5.46. The molecule has 0 aromatic heterocycles. The zero-order chi connectivity index (χ0) is 21.2. The van der Waals surface area contributed by atoms with Crippen LogP contribution in [0.15, 0.2) is 46.9 Å². The van der Waals surface area contributed by atoms with Gasteiger partial charge in [-0.1, -0.05) is 41.9 Å². The standard InChI is InChI=1S/C22H22BrFINO3/c1-22(2)12-20(27)26(21(28)13-22)9-8-19(17-7-6-14(23)10-18(17)24)29-16-5-3-4-15(25)11-16/h3-7,10-11,19H,8-9,12-13H2,1-2H3. The van der Waals surface area contributed by atoms with Crippen LogP contribution < -0.4 is 4.74 Å². The molecule has 1 aliphatic heterocycles. The molecule has 1 saturated heterocycles. The van der Waals surface area contributed by atoms with E-state index in [1.807, 2.05) is 38.1 Å². The van der Waals surface area contributed by atoms with Crippen molar-refractivity contribution in [3.8, 4) is 5.75 Å². The van der Waals surface area contributed by atoms with Crippen LogP contribution in [0, 0.1) is 14.8 Å². The highest BCUT2D eigenvalue weighted by Crippen LogP contribution is 2.33. The van der Waals surface area contributed by atoms with E-state index >= 15 is 0 Å². The maximum Gasteiger partial charge on any atom is 0.229 e. The molecule has 0 saturated carbocycles. The van der Waals surface area contributed by atoms with Gasteiger partial charge in [-0.05, 0) is 58.3 Å². The number of piperidine rings is 1. The average Bonchev–Trinajstić information content (AvgIpc) is 2.59. The molecule has 0 bridgehead atoms. The fourth-order valence-corrected chi connectivity index (χ4v) is 4.30. The van der Waals surface area contributed by atoms with Crippen LogP contribution in [0.4, 0.5) is 4.39 Å². The highest BCUT2D eigenvalue weighted by Gasteiger charge is 2.37. The molecule has 154 valence electrons. The number of nitrogens with zero attached hydrogens (tertiary/aromatic N) is 1. The van der Waals surface area contributed by atoms with Crippen molar-refractivity contribution in [3.05, 3.63) is 61.9 Å². The summed E-state index contributed by atoms with van der Waals surface area (Å²) in [6.07, 6.45) is 0.334. The van der Waals surface area contributed by atoms with Crippen LogP contribution >= 0.6 is 38.5 Å². The zero-order valence-electron chi connectivity index (χ0n) is 16.3. The number of hydrogen-bond donors (Lipinski definition) is 0. The molecule has 4 nitrogen and oxygen atoms in total. The molecule has 1 aliphatic rings. The number of benzene rings is 2. The van der Waals surface area contributed by atoms with Crippen molar-refractivity contribution in [2.45, 2.75) is 39.2 Å². The minimum atomic E-state index is -0.628. The van der Waals surface area contributed by atoms with E-state index in [2.05, 4.69) is 38.5 Å². The van der Waals surface area contributed by atoms with Crippen molar-refractivity contribution in [2.24, 2.45) is 5.41 Å². The van der Waals surface area contributed by atoms with E-state index in [0.717, 1.165) is 3.57 Å². The molecular weight excluding hydrogens is 552 g/mol. The Morgan fingerprint density at radius 2 is 1.86 bits per heavy atom. The number of hydrogen-bond acceptors (Lipinski definition) is 3. The largest absolute Gasteiger partial charge is 0.486 e. The molecule has 2 amide bonds. The van der Waals surface area contributed by atoms with Gasteiger partial charge in [0.1, 0.15) is 17.7 Å². The maximum absolute atomic E-state index is 14.6. The van der Waals surface area contributed by atoms with Crippen LogP contribution in [0.25, 0.3) is 0 Å². The summed E-state index contributed by atoms with van der Waals surface area (Å²) < 4.78 is 22.4. The number of likely N-dealkylation sites (tertiary alicyclic amines) is 1. The quantitative estimate of drug-likeness (QED) is 0.320. The van der Waals surface area contributed by atoms with Gasteiger partial charge in [-0.3, -0.25) is 14.5 Å². The lowest BCUT2D eigenvalue weighted by Gasteiger charge is -2.35. The lowest BCUT2D eigenvalue weighted by molar-refractivity contribution is -0.152. The number of carbonyl (C=O) groups excluding carboxylic acids is 2. The molecule has 3 rings (SSSR count). The normalized spacial score (nSPS) is 17.3. The van der Waals surface area contributed by atoms with Gasteiger partial charge in [0.25, 0.3) is 0 Å². The Bertz CT molecular complexity index is 914. The van der Waals surface area contributed by atoms with Crippen molar-refractivity contribution in [1.82, 2.24) is 4.90 Å². The van der Waals surface area contributed by atoms with E-state index in [0.29, 0.717) is 35.0 Å². The van der Waals surface area contributed by atoms with Gasteiger partial charge in [-0.15, -0.1) is 0 Å². The smallest absolute Gasteiger partial charge is 0.229 e. The van der Waals surface area contributed by atoms with Gasteiger partial charge in [0.05, 0.1) is 0 Å². The monoisotopic (exact) mass is 573 g/mol. The third-order valence-electron chi connectivity index (χ3n) is 4.86. The topological polar surface area (TPSA) is 46.6 Å². The van der Waals surface area contributed by atoms with Gasteiger partial charge >= 0.3 is 0 Å². The molecule has 0 N–H and O–H groups in total. The molecule has 0 radical (unpaired) electrons. The lowest BCUT2D eigenvalue weighted by atomic mass is 9.81. The van der Waals surface area contributed by atoms with Gasteiger partial charge in [0.2, 0.25) is 11.8 Å². The first-order valence-electron chi connectivity index (χ1n) is 9.35. The highest BCUT2D eigenvalue weighted by molar-refractivity contribution is 14.1. The van der Waals surface area contributed by atoms with E-state index in [1.54, 1.807) is 12.1 Å². The van der Waals surface area contributed by atoms with E-state index in [1.165, 1.54) is 11.0 Å². The van der Waals surface area contributed by atoms with Crippen molar-refractivity contribution in [3.63, 3.8) is 0 Å². The Morgan fingerprint density at radius 3 is 2.48 bits per heavy atom. The molecule has 0 spiro atoms. The van der Waals surface area contributed by atoms with Crippen LogP contribution in [0.2, 0.25) is 0 Å². The van der Waals surface area contributed by atoms with Crippen molar-refractivity contribution in [2.75, 3.05) is 6.54 Å². The van der Waals surface area contributed by atoms with E-state index in [4.69, 9.17) is 4.74 Å². The average molecular weight is 574 g/mol. The Hall–Kier alpha value is -1.48. The van der Waals surface area contributed by atoms with Crippen molar-refractivity contribution in [1.29, 1.82) is 0 Å². The maximum atomic E-state index is 14.6. The first-order valence-corrected chi connectivity index (χ1v) is 11.2. The Balaban J connectivity index is 1.81. The number of imide groups is 1. The number of carbonyl (C=O) groups is 2. The second-order valence-electron chi connectivity index (χ2n) is 7.98. The summed E-state index contributed by atoms with van der Waals surface area (Å²) in [4.78, 5) is 26.2. The van der Waals surface area contributed by atoms with Gasteiger partial charge < -0.3 is 4.74 Å². The van der Waals surface area contributed by atoms with Gasteiger partial charge in [0, 0.05) is 39.4 Å². The van der Waals surface area contributed by atoms with Crippen LogP contribution in [0.5, 0.6) is 5.75 Å². The molecule has 1 fully saturated rings. The van der Waals surface area contributed by atoms with Crippen LogP contribution in [0.1, 0.15) is 44.8 Å². The third-order valence-corrected chi connectivity index (χ3v) is 6.02. The lowest BCUT2D eigenvalue weighted by Crippen LogP contribution is -2.46. The summed E-state index contributed by atoms with van der Waals surface area (Å²) in [5, 5.41) is 0. The van der Waals surface area contributed by atoms with E-state index in [-0.39, 0.29) is 23.8 Å². The van der Waals surface area contributed by atoms with Crippen LogP contribution in [-0.4, -0.2) is 23.3 Å². The van der Waals surface area contributed by atoms with Crippen molar-refractivity contribution < 1.29 is 18.7 Å². The molecule has 2 aromatic carbocycles. The Morgan fingerprint density at radius 1 is 1.17 bits per heavy atom. The Labute approximate surface area is 192 Å². The number of halogens is 3. The first-order chi connectivity index (χ1) is 13.6. The van der Waals surface area contributed by atoms with E-state index < -0.39 is 11.9 Å². The summed E-state index contributed by atoms with van der Waals surface area (Å²) in [5.41, 5.74) is 0.0725. The Kier molecular flexibility index (Phi) is 6.98. The zero-order valence-corrected chi connectivity index (χ0v) is 20.0. The molecule has 2 aromatic rings. The van der Waals surface area contributed by atoms with Gasteiger partial charge in [-0.25, -0.2) is 4.39 Å². The second-order valence-corrected chi connectivity index (χ2v) is 10.1.